The zero-order chi connectivity index (χ0) is 31.9. The van der Waals surface area contributed by atoms with E-state index in [1.54, 1.807) is 0 Å². The van der Waals surface area contributed by atoms with Gasteiger partial charge in [-0.05, 0) is 66.4 Å². The van der Waals surface area contributed by atoms with Crippen molar-refractivity contribution in [3.63, 3.8) is 0 Å². The van der Waals surface area contributed by atoms with Crippen LogP contribution in [0.2, 0.25) is 0 Å². The van der Waals surface area contributed by atoms with E-state index < -0.39 is 8.07 Å². The third kappa shape index (κ3) is 4.48. The summed E-state index contributed by atoms with van der Waals surface area (Å²) >= 11 is 0. The average Bonchev–Trinajstić information content (AvgIpc) is 3.54. The molecule has 0 unspecified atom stereocenters. The first-order chi connectivity index (χ1) is 23.8. The van der Waals surface area contributed by atoms with Gasteiger partial charge in [0.1, 0.15) is 11.2 Å². The first kappa shape index (κ1) is 28.1. The fraction of sp³-hybridized carbons (Fsp3) is 0. The molecule has 2 heteroatoms. The van der Waals surface area contributed by atoms with Crippen molar-refractivity contribution in [2.45, 2.75) is 0 Å². The maximum Gasteiger partial charge on any atom is 0.230 e. The van der Waals surface area contributed by atoms with Gasteiger partial charge in [0.2, 0.25) is 8.07 Å². The molecule has 0 aliphatic heterocycles. The molecule has 0 atom stereocenters. The number of para-hydroxylation sites is 1. The highest BCUT2D eigenvalue weighted by Gasteiger charge is 2.38. The van der Waals surface area contributed by atoms with Crippen LogP contribution in [-0.2, 0) is 0 Å². The molecule has 0 bridgehead atoms. The quantitative estimate of drug-likeness (QED) is 0.0821. The van der Waals surface area contributed by atoms with Gasteiger partial charge in [0.25, 0.3) is 0 Å². The lowest BCUT2D eigenvalue weighted by Gasteiger charge is -2.28. The summed E-state index contributed by atoms with van der Waals surface area (Å²) in [6.45, 7) is 0. The van der Waals surface area contributed by atoms with Crippen molar-refractivity contribution in [1.29, 1.82) is 0 Å². The lowest BCUT2D eigenvalue weighted by atomic mass is 9.88. The Labute approximate surface area is 280 Å². The molecule has 8 aromatic carbocycles. The largest absolute Gasteiger partial charge is 0.456 e. The van der Waals surface area contributed by atoms with E-state index in [1.165, 1.54) is 37.5 Å². The third-order valence-corrected chi connectivity index (χ3v) is 13.7. The minimum absolute atomic E-state index is 0.903. The second kappa shape index (κ2) is 11.6. The van der Waals surface area contributed by atoms with Gasteiger partial charge in [-0.25, -0.2) is 0 Å². The molecule has 0 aliphatic rings. The topological polar surface area (TPSA) is 13.1 Å². The zero-order valence-corrected chi connectivity index (χ0v) is 27.2. The van der Waals surface area contributed by atoms with E-state index in [0.29, 0.717) is 0 Å². The molecule has 9 rings (SSSR count). The van der Waals surface area contributed by atoms with E-state index in [-0.39, 0.29) is 0 Å². The summed E-state index contributed by atoms with van der Waals surface area (Å²) < 4.78 is 6.20. The van der Waals surface area contributed by atoms with Crippen molar-refractivity contribution in [1.82, 2.24) is 0 Å². The summed E-state index contributed by atoms with van der Waals surface area (Å²) in [5.74, 6) is 3.89. The fourth-order valence-corrected chi connectivity index (χ4v) is 11.2. The standard InChI is InChI=1S/C46H30OSi/c1-4-16-34(17-5-1)48(35-18-6-2-7-19-35,36-20-8-3-9-21-36)31-30-39-37-22-10-12-25-41(37)46(42-26-13-11-23-38(39)42)33-28-29-45-43(32-33)40-24-14-15-27-44(40)47-45/h1-29,32H. The van der Waals surface area contributed by atoms with Gasteiger partial charge in [-0.3, -0.25) is 0 Å². The second-order valence-corrected chi connectivity index (χ2v) is 15.7. The van der Waals surface area contributed by atoms with E-state index in [0.717, 1.165) is 38.3 Å². The molecule has 1 heterocycles. The van der Waals surface area contributed by atoms with Crippen molar-refractivity contribution in [2.75, 3.05) is 0 Å². The molecule has 0 radical (unpaired) electrons. The van der Waals surface area contributed by atoms with Crippen LogP contribution in [0.3, 0.4) is 0 Å². The first-order valence-electron chi connectivity index (χ1n) is 16.4. The van der Waals surface area contributed by atoms with E-state index >= 15 is 0 Å². The molecule has 0 saturated heterocycles. The number of hydrogen-bond acceptors (Lipinski definition) is 1. The normalized spacial score (nSPS) is 11.6. The Hall–Kier alpha value is -6.14. The molecule has 0 saturated carbocycles. The van der Waals surface area contributed by atoms with E-state index in [1.807, 2.05) is 12.1 Å². The fourth-order valence-electron chi connectivity index (χ4n) is 7.39. The van der Waals surface area contributed by atoms with Crippen LogP contribution in [0.1, 0.15) is 5.56 Å². The van der Waals surface area contributed by atoms with Crippen LogP contribution in [0.5, 0.6) is 0 Å². The number of fused-ring (bicyclic) bond motifs is 5. The highest BCUT2D eigenvalue weighted by molar-refractivity contribution is 7.16. The summed E-state index contributed by atoms with van der Waals surface area (Å²) in [4.78, 5) is 0. The Morgan fingerprint density at radius 3 is 1.35 bits per heavy atom. The van der Waals surface area contributed by atoms with Crippen LogP contribution in [0.15, 0.2) is 186 Å². The van der Waals surface area contributed by atoms with Crippen molar-refractivity contribution in [3.8, 4) is 22.6 Å². The Bertz CT molecular complexity index is 2510. The molecular weight excluding hydrogens is 597 g/mol. The van der Waals surface area contributed by atoms with Gasteiger partial charge < -0.3 is 4.42 Å². The van der Waals surface area contributed by atoms with E-state index in [4.69, 9.17) is 4.42 Å². The summed E-state index contributed by atoms with van der Waals surface area (Å²) in [5.41, 5.74) is 9.33. The van der Waals surface area contributed by atoms with Gasteiger partial charge in [-0.2, -0.15) is 0 Å². The van der Waals surface area contributed by atoms with Crippen molar-refractivity contribution < 1.29 is 4.42 Å². The minimum atomic E-state index is -2.78. The van der Waals surface area contributed by atoms with Gasteiger partial charge in [0.05, 0.1) is 0 Å². The van der Waals surface area contributed by atoms with Crippen LogP contribution in [0, 0.1) is 11.5 Å². The maximum absolute atomic E-state index is 6.20. The van der Waals surface area contributed by atoms with Crippen LogP contribution in [0.4, 0.5) is 0 Å². The molecule has 9 aromatic rings. The summed E-state index contributed by atoms with van der Waals surface area (Å²) in [5, 5.41) is 10.8. The molecule has 0 amide bonds. The smallest absolute Gasteiger partial charge is 0.230 e. The summed E-state index contributed by atoms with van der Waals surface area (Å²) in [6.07, 6.45) is 0. The molecule has 1 aromatic heterocycles. The monoisotopic (exact) mass is 626 g/mol. The highest BCUT2D eigenvalue weighted by atomic mass is 28.3. The van der Waals surface area contributed by atoms with Gasteiger partial charge in [0, 0.05) is 16.3 Å². The molecule has 0 fully saturated rings. The molecule has 0 spiro atoms. The van der Waals surface area contributed by atoms with Crippen LogP contribution >= 0.6 is 0 Å². The summed E-state index contributed by atoms with van der Waals surface area (Å²) in [7, 11) is -2.78. The SMILES string of the molecule is C(#C[Si](c1ccccc1)(c1ccccc1)c1ccccc1)c1c2ccccc2c(-c2ccc3oc4ccccc4c3c2)c2ccccc12. The lowest BCUT2D eigenvalue weighted by molar-refractivity contribution is 0.669. The van der Waals surface area contributed by atoms with Crippen LogP contribution in [0.25, 0.3) is 54.6 Å². The Kier molecular flexibility index (Phi) is 6.78. The number of furan rings is 1. The van der Waals surface area contributed by atoms with E-state index in [9.17, 15) is 0 Å². The van der Waals surface area contributed by atoms with Crippen molar-refractivity contribution >= 4 is 67.1 Å². The van der Waals surface area contributed by atoms with Crippen molar-refractivity contribution in [3.05, 3.63) is 188 Å². The number of benzene rings is 8. The Morgan fingerprint density at radius 1 is 0.375 bits per heavy atom. The molecule has 1 nitrogen and oxygen atoms in total. The second-order valence-electron chi connectivity index (χ2n) is 12.2. The number of hydrogen-bond donors (Lipinski definition) is 0. The number of rotatable bonds is 4. The predicted molar refractivity (Wildman–Crippen MR) is 205 cm³/mol. The van der Waals surface area contributed by atoms with Gasteiger partial charge in [0.15, 0.2) is 0 Å². The maximum atomic E-state index is 6.20. The zero-order valence-electron chi connectivity index (χ0n) is 26.2. The Balaban J connectivity index is 1.35. The lowest BCUT2D eigenvalue weighted by Crippen LogP contribution is -2.66. The molecule has 48 heavy (non-hydrogen) atoms. The predicted octanol–water partition coefficient (Wildman–Crippen LogP) is 9.62. The molecule has 0 aliphatic carbocycles. The van der Waals surface area contributed by atoms with Gasteiger partial charge in [-0.1, -0.05) is 170 Å². The first-order valence-corrected chi connectivity index (χ1v) is 18.4. The Morgan fingerprint density at radius 2 is 0.812 bits per heavy atom. The van der Waals surface area contributed by atoms with Crippen molar-refractivity contribution in [2.24, 2.45) is 0 Å². The van der Waals surface area contributed by atoms with Crippen LogP contribution < -0.4 is 15.6 Å². The summed E-state index contributed by atoms with van der Waals surface area (Å²) in [6, 6.07) is 65.1. The van der Waals surface area contributed by atoms with Crippen LogP contribution in [-0.4, -0.2) is 8.07 Å². The molecule has 0 N–H and O–H groups in total. The third-order valence-electron chi connectivity index (χ3n) is 9.59. The highest BCUT2D eigenvalue weighted by Crippen LogP contribution is 2.41. The molecule has 224 valence electrons. The van der Waals surface area contributed by atoms with Gasteiger partial charge in [-0.15, -0.1) is 5.54 Å². The minimum Gasteiger partial charge on any atom is -0.456 e. The average molecular weight is 627 g/mol. The van der Waals surface area contributed by atoms with Gasteiger partial charge >= 0.3 is 0 Å². The van der Waals surface area contributed by atoms with E-state index in [2.05, 4.69) is 181 Å². The molecular formula is C46H30OSi.